The molecule has 1 aliphatic heterocycles. The fourth-order valence-corrected chi connectivity index (χ4v) is 2.00. The maximum Gasteiger partial charge on any atom is 0.109 e. The van der Waals surface area contributed by atoms with Crippen molar-refractivity contribution in [3.05, 3.63) is 0 Å². The van der Waals surface area contributed by atoms with Crippen LogP contribution in [0.4, 0.5) is 0 Å². The molecule has 0 aromatic carbocycles. The first-order valence-electron chi connectivity index (χ1n) is 5.51. The number of halogens is 1. The van der Waals surface area contributed by atoms with Gasteiger partial charge in [-0.1, -0.05) is 13.3 Å². The van der Waals surface area contributed by atoms with Crippen LogP contribution in [0, 0.1) is 0 Å². The van der Waals surface area contributed by atoms with Gasteiger partial charge in [-0.15, -0.1) is 12.4 Å². The number of nitrogens with zero attached hydrogens (tertiary/aromatic N) is 1. The molecule has 1 rings (SSSR count). The number of likely N-dealkylation sites (tertiary alicyclic amines) is 1. The van der Waals surface area contributed by atoms with Crippen LogP contribution in [-0.4, -0.2) is 69.4 Å². The highest BCUT2D eigenvalue weighted by atomic mass is 35.5. The molecule has 98 valence electrons. The van der Waals surface area contributed by atoms with Gasteiger partial charge in [0, 0.05) is 6.54 Å². The third-order valence-corrected chi connectivity index (χ3v) is 3.01. The van der Waals surface area contributed by atoms with Crippen LogP contribution < -0.4 is 0 Å². The molecule has 4 atom stereocenters. The van der Waals surface area contributed by atoms with Crippen molar-refractivity contribution >= 4 is 12.4 Å². The molecule has 0 aromatic rings. The van der Waals surface area contributed by atoms with Crippen LogP contribution in [0.15, 0.2) is 0 Å². The molecule has 0 aromatic heterocycles. The van der Waals surface area contributed by atoms with Gasteiger partial charge in [0.15, 0.2) is 0 Å². The van der Waals surface area contributed by atoms with Crippen molar-refractivity contribution < 1.29 is 20.4 Å². The Morgan fingerprint density at radius 2 is 1.81 bits per heavy atom. The summed E-state index contributed by atoms with van der Waals surface area (Å²) >= 11 is 0. The largest absolute Gasteiger partial charge is 0.395 e. The maximum absolute atomic E-state index is 9.67. The van der Waals surface area contributed by atoms with Gasteiger partial charge < -0.3 is 20.4 Å². The van der Waals surface area contributed by atoms with Crippen molar-refractivity contribution in [3.8, 4) is 0 Å². The lowest BCUT2D eigenvalue weighted by Crippen LogP contribution is -2.62. The van der Waals surface area contributed by atoms with E-state index in [1.165, 1.54) is 0 Å². The molecule has 0 aliphatic carbocycles. The number of hydrogen-bond acceptors (Lipinski definition) is 5. The second-order valence-corrected chi connectivity index (χ2v) is 4.15. The summed E-state index contributed by atoms with van der Waals surface area (Å²) in [4.78, 5) is 1.84. The lowest BCUT2D eigenvalue weighted by molar-refractivity contribution is -0.145. The van der Waals surface area contributed by atoms with Gasteiger partial charge in [0.1, 0.15) is 12.2 Å². The van der Waals surface area contributed by atoms with Crippen LogP contribution >= 0.6 is 12.4 Å². The summed E-state index contributed by atoms with van der Waals surface area (Å²) in [5.41, 5.74) is 0. The number of aliphatic hydroxyl groups excluding tert-OH is 4. The molecule has 0 amide bonds. The standard InChI is InChI=1S/C10H21NO4.ClH/c1-2-3-4-11-5-8(13)10(15)9(14)7(11)6-12;/h7-10,12-15H,2-6H2,1H3;1H/t7-,8+,9?,10?;/m1./s1. The highest BCUT2D eigenvalue weighted by Crippen LogP contribution is 2.19. The van der Waals surface area contributed by atoms with Crippen LogP contribution in [0.5, 0.6) is 0 Å². The highest BCUT2D eigenvalue weighted by Gasteiger charge is 2.40. The van der Waals surface area contributed by atoms with Gasteiger partial charge in [0.05, 0.1) is 18.8 Å². The fraction of sp³-hybridized carbons (Fsp3) is 1.00. The molecule has 0 saturated carbocycles. The Morgan fingerprint density at radius 1 is 1.19 bits per heavy atom. The number of β-amino-alcohol motifs (C(OH)–C–C–N with tert-alkyl or cyclic N) is 1. The van der Waals surface area contributed by atoms with Gasteiger partial charge in [0.25, 0.3) is 0 Å². The van der Waals surface area contributed by atoms with E-state index in [0.717, 1.165) is 19.4 Å². The first-order chi connectivity index (χ1) is 7.11. The third-order valence-electron chi connectivity index (χ3n) is 3.01. The second-order valence-electron chi connectivity index (χ2n) is 4.15. The molecular formula is C10H22ClNO4. The summed E-state index contributed by atoms with van der Waals surface area (Å²) < 4.78 is 0. The third kappa shape index (κ3) is 3.55. The molecule has 1 aliphatic rings. The number of hydrogen-bond donors (Lipinski definition) is 4. The SMILES string of the molecule is CCCCN1C[C@H](O)C(O)C(O)[C@H]1CO.Cl. The number of rotatable bonds is 4. The molecule has 2 unspecified atom stereocenters. The van der Waals surface area contributed by atoms with Crippen molar-refractivity contribution in [1.82, 2.24) is 4.90 Å². The number of unbranched alkanes of at least 4 members (excludes halogenated alkanes) is 1. The van der Waals surface area contributed by atoms with E-state index < -0.39 is 24.4 Å². The minimum Gasteiger partial charge on any atom is -0.395 e. The average molecular weight is 256 g/mol. The molecule has 0 spiro atoms. The van der Waals surface area contributed by atoms with E-state index in [-0.39, 0.29) is 19.0 Å². The Balaban J connectivity index is 0.00000225. The summed E-state index contributed by atoms with van der Waals surface area (Å²) in [5.74, 6) is 0. The molecular weight excluding hydrogens is 234 g/mol. The van der Waals surface area contributed by atoms with Crippen LogP contribution in [0.2, 0.25) is 0 Å². The molecule has 5 nitrogen and oxygen atoms in total. The smallest absolute Gasteiger partial charge is 0.109 e. The number of piperidine rings is 1. The van der Waals surface area contributed by atoms with Crippen molar-refractivity contribution in [1.29, 1.82) is 0 Å². The van der Waals surface area contributed by atoms with E-state index in [4.69, 9.17) is 5.11 Å². The second kappa shape index (κ2) is 7.42. The van der Waals surface area contributed by atoms with Gasteiger partial charge in [-0.25, -0.2) is 0 Å². The van der Waals surface area contributed by atoms with Crippen molar-refractivity contribution in [2.45, 2.75) is 44.1 Å². The summed E-state index contributed by atoms with van der Waals surface area (Å²) in [6, 6.07) is -0.463. The first kappa shape index (κ1) is 16.1. The van der Waals surface area contributed by atoms with E-state index in [0.29, 0.717) is 6.54 Å². The summed E-state index contributed by atoms with van der Waals surface area (Å²) in [6.07, 6.45) is -1.19. The van der Waals surface area contributed by atoms with Gasteiger partial charge in [-0.05, 0) is 13.0 Å². The summed E-state index contributed by atoms with van der Waals surface area (Å²) in [7, 11) is 0. The van der Waals surface area contributed by atoms with Crippen molar-refractivity contribution in [2.24, 2.45) is 0 Å². The molecule has 1 heterocycles. The van der Waals surface area contributed by atoms with E-state index in [1.54, 1.807) is 0 Å². The Kier molecular flexibility index (Phi) is 7.46. The Bertz CT molecular complexity index is 196. The zero-order valence-electron chi connectivity index (χ0n) is 9.49. The van der Waals surface area contributed by atoms with Crippen LogP contribution in [-0.2, 0) is 0 Å². The monoisotopic (exact) mass is 255 g/mol. The molecule has 16 heavy (non-hydrogen) atoms. The molecule has 4 N–H and O–H groups in total. The molecule has 1 fully saturated rings. The number of aliphatic hydroxyl groups is 4. The minimum atomic E-state index is -1.15. The average Bonchev–Trinajstić information content (AvgIpc) is 2.23. The fourth-order valence-electron chi connectivity index (χ4n) is 2.00. The van der Waals surface area contributed by atoms with Gasteiger partial charge in [-0.3, -0.25) is 4.90 Å². The van der Waals surface area contributed by atoms with Crippen LogP contribution in [0.3, 0.4) is 0 Å². The normalized spacial score (nSPS) is 35.8. The predicted molar refractivity (Wildman–Crippen MR) is 62.6 cm³/mol. The Morgan fingerprint density at radius 3 is 2.31 bits per heavy atom. The van der Waals surface area contributed by atoms with Gasteiger partial charge in [0.2, 0.25) is 0 Å². The van der Waals surface area contributed by atoms with Crippen LogP contribution in [0.1, 0.15) is 19.8 Å². The van der Waals surface area contributed by atoms with E-state index in [1.807, 2.05) is 4.90 Å². The molecule has 0 radical (unpaired) electrons. The van der Waals surface area contributed by atoms with E-state index in [9.17, 15) is 15.3 Å². The van der Waals surface area contributed by atoms with Crippen LogP contribution in [0.25, 0.3) is 0 Å². The highest BCUT2D eigenvalue weighted by molar-refractivity contribution is 5.85. The Labute approximate surface area is 102 Å². The molecule has 1 saturated heterocycles. The first-order valence-corrected chi connectivity index (χ1v) is 5.51. The predicted octanol–water partition coefficient (Wildman–Crippen LogP) is -1.03. The minimum absolute atomic E-state index is 0. The van der Waals surface area contributed by atoms with Gasteiger partial charge >= 0.3 is 0 Å². The topological polar surface area (TPSA) is 84.2 Å². The summed E-state index contributed by atoms with van der Waals surface area (Å²) in [5, 5.41) is 37.8. The van der Waals surface area contributed by atoms with Crippen molar-refractivity contribution in [2.75, 3.05) is 19.7 Å². The molecule has 0 bridgehead atoms. The zero-order chi connectivity index (χ0) is 11.4. The molecule has 6 heteroatoms. The quantitative estimate of drug-likeness (QED) is 0.516. The maximum atomic E-state index is 9.67. The Hall–Kier alpha value is 0.0900. The van der Waals surface area contributed by atoms with E-state index >= 15 is 0 Å². The van der Waals surface area contributed by atoms with Gasteiger partial charge in [-0.2, -0.15) is 0 Å². The van der Waals surface area contributed by atoms with Crippen molar-refractivity contribution in [3.63, 3.8) is 0 Å². The summed E-state index contributed by atoms with van der Waals surface area (Å²) in [6.45, 7) is 2.89. The zero-order valence-corrected chi connectivity index (χ0v) is 10.3. The van der Waals surface area contributed by atoms with E-state index in [2.05, 4.69) is 6.92 Å². The lowest BCUT2D eigenvalue weighted by atomic mass is 9.94. The lowest BCUT2D eigenvalue weighted by Gasteiger charge is -2.43.